The van der Waals surface area contributed by atoms with E-state index in [1.54, 1.807) is 24.3 Å². The van der Waals surface area contributed by atoms with E-state index in [2.05, 4.69) is 5.32 Å². The molecule has 5 nitrogen and oxygen atoms in total. The average molecular weight is 393 g/mol. The van der Waals surface area contributed by atoms with Gasteiger partial charge in [-0.25, -0.2) is 4.79 Å². The van der Waals surface area contributed by atoms with Gasteiger partial charge in [-0.3, -0.25) is 4.79 Å². The Morgan fingerprint density at radius 2 is 1.71 bits per heavy atom. The Balaban J connectivity index is 2.40. The number of rotatable bonds is 7. The number of anilines is 1. The minimum Gasteiger partial charge on any atom is -0.497 e. The lowest BCUT2D eigenvalue weighted by atomic mass is 9.98. The van der Waals surface area contributed by atoms with E-state index in [4.69, 9.17) is 9.47 Å². The van der Waals surface area contributed by atoms with E-state index >= 15 is 0 Å². The van der Waals surface area contributed by atoms with Gasteiger partial charge in [-0.15, -0.1) is 0 Å². The Morgan fingerprint density at radius 3 is 2.29 bits per heavy atom. The van der Waals surface area contributed by atoms with Gasteiger partial charge in [-0.1, -0.05) is 18.2 Å². The summed E-state index contributed by atoms with van der Waals surface area (Å²) in [5.41, 5.74) is -1.81. The second-order valence-electron chi connectivity index (χ2n) is 5.52. The lowest BCUT2D eigenvalue weighted by Crippen LogP contribution is -2.21. The summed E-state index contributed by atoms with van der Waals surface area (Å²) in [6.07, 6.45) is -3.70. The van der Waals surface area contributed by atoms with E-state index in [0.29, 0.717) is 11.4 Å². The van der Waals surface area contributed by atoms with Crippen LogP contribution in [0.5, 0.6) is 5.75 Å². The number of Topliss-reactive ketones (excluding diaryl/α,β-unsaturated/α-hetero) is 1. The fourth-order valence-electron chi connectivity index (χ4n) is 2.34. The van der Waals surface area contributed by atoms with Crippen LogP contribution in [0.15, 0.2) is 60.3 Å². The van der Waals surface area contributed by atoms with Crippen LogP contribution in [0.4, 0.5) is 18.9 Å². The second-order valence-corrected chi connectivity index (χ2v) is 5.52. The maximum atomic E-state index is 13.2. The number of hydrogen-bond acceptors (Lipinski definition) is 5. The summed E-state index contributed by atoms with van der Waals surface area (Å²) in [5, 5.41) is 2.72. The molecule has 0 atom stereocenters. The van der Waals surface area contributed by atoms with Crippen LogP contribution < -0.4 is 10.1 Å². The molecule has 2 aromatic rings. The largest absolute Gasteiger partial charge is 0.497 e. The van der Waals surface area contributed by atoms with Gasteiger partial charge < -0.3 is 14.8 Å². The fraction of sp³-hybridized carbons (Fsp3) is 0.200. The molecule has 0 saturated heterocycles. The Hall–Kier alpha value is -3.29. The minimum absolute atomic E-state index is 0.0348. The molecular weight excluding hydrogens is 375 g/mol. The van der Waals surface area contributed by atoms with Crippen LogP contribution in [0.25, 0.3) is 0 Å². The lowest BCUT2D eigenvalue weighted by molar-refractivity contribution is -0.139. The molecule has 0 amide bonds. The van der Waals surface area contributed by atoms with Crippen molar-refractivity contribution in [3.8, 4) is 5.75 Å². The Bertz CT molecular complexity index is 874. The first-order chi connectivity index (χ1) is 13.3. The number of halogens is 3. The number of esters is 1. The van der Waals surface area contributed by atoms with Crippen LogP contribution in [0.2, 0.25) is 0 Å². The molecule has 1 N–H and O–H groups in total. The monoisotopic (exact) mass is 393 g/mol. The third kappa shape index (κ3) is 5.12. The van der Waals surface area contributed by atoms with Gasteiger partial charge in [0.15, 0.2) is 0 Å². The highest BCUT2D eigenvalue weighted by molar-refractivity contribution is 6.24. The molecular formula is C20H18F3NO4. The summed E-state index contributed by atoms with van der Waals surface area (Å²) in [7, 11) is 1.50. The number of carbonyl (C=O) groups excluding carboxylic acids is 2. The van der Waals surface area contributed by atoms with Crippen molar-refractivity contribution in [2.24, 2.45) is 0 Å². The topological polar surface area (TPSA) is 64.6 Å². The van der Waals surface area contributed by atoms with Crippen molar-refractivity contribution in [3.63, 3.8) is 0 Å². The van der Waals surface area contributed by atoms with E-state index in [-0.39, 0.29) is 6.61 Å². The van der Waals surface area contributed by atoms with Gasteiger partial charge >= 0.3 is 12.1 Å². The molecule has 148 valence electrons. The molecule has 28 heavy (non-hydrogen) atoms. The summed E-state index contributed by atoms with van der Waals surface area (Å²) in [6, 6.07) is 10.8. The van der Waals surface area contributed by atoms with Gasteiger partial charge in [0.05, 0.1) is 19.3 Å². The number of ether oxygens (including phenoxy) is 2. The zero-order valence-corrected chi connectivity index (χ0v) is 15.2. The molecule has 0 fully saturated rings. The summed E-state index contributed by atoms with van der Waals surface area (Å²) in [4.78, 5) is 24.9. The highest BCUT2D eigenvalue weighted by Gasteiger charge is 2.36. The predicted octanol–water partition coefficient (Wildman–Crippen LogP) is 4.46. The summed E-state index contributed by atoms with van der Waals surface area (Å²) in [6.45, 7) is 1.49. The number of nitrogens with one attached hydrogen (secondary N) is 1. The predicted molar refractivity (Wildman–Crippen MR) is 97.1 cm³/mol. The number of hydrogen-bond donors (Lipinski definition) is 1. The standard InChI is InChI=1S/C20H18F3NO4/c1-3-28-19(26)16(12-24-13-8-10-14(27-2)11-9-13)18(25)15-6-4-5-7-17(15)20(21,22)23/h4-12,24H,3H2,1-2H3/b16-12+. The lowest BCUT2D eigenvalue weighted by Gasteiger charge is -2.13. The molecule has 8 heteroatoms. The SMILES string of the molecule is CCOC(=O)/C(=C/Nc1ccc(OC)cc1)C(=O)c1ccccc1C(F)(F)F. The molecule has 2 rings (SSSR count). The van der Waals surface area contributed by atoms with Gasteiger partial charge in [0, 0.05) is 17.5 Å². The van der Waals surface area contributed by atoms with Crippen molar-refractivity contribution in [1.82, 2.24) is 0 Å². The summed E-state index contributed by atoms with van der Waals surface area (Å²) >= 11 is 0. The molecule has 0 spiro atoms. The molecule has 2 aromatic carbocycles. The zero-order chi connectivity index (χ0) is 20.7. The smallest absolute Gasteiger partial charge is 0.417 e. The van der Waals surface area contributed by atoms with Crippen molar-refractivity contribution >= 4 is 17.4 Å². The number of benzene rings is 2. The zero-order valence-electron chi connectivity index (χ0n) is 15.2. The van der Waals surface area contributed by atoms with Crippen LogP contribution in [0.1, 0.15) is 22.8 Å². The highest BCUT2D eigenvalue weighted by Crippen LogP contribution is 2.33. The van der Waals surface area contributed by atoms with Gasteiger partial charge in [0.25, 0.3) is 0 Å². The molecule has 0 aliphatic carbocycles. The van der Waals surface area contributed by atoms with E-state index in [9.17, 15) is 22.8 Å². The Morgan fingerprint density at radius 1 is 1.07 bits per heavy atom. The first kappa shape index (κ1) is 21.0. The molecule has 0 aliphatic rings. The molecule has 0 saturated carbocycles. The van der Waals surface area contributed by atoms with E-state index < -0.39 is 34.6 Å². The molecule has 0 heterocycles. The fourth-order valence-corrected chi connectivity index (χ4v) is 2.34. The van der Waals surface area contributed by atoms with Gasteiger partial charge in [0.2, 0.25) is 5.78 Å². The first-order valence-electron chi connectivity index (χ1n) is 8.26. The molecule has 0 aliphatic heterocycles. The van der Waals surface area contributed by atoms with Crippen molar-refractivity contribution in [2.75, 3.05) is 19.0 Å². The summed E-state index contributed by atoms with van der Waals surface area (Å²) in [5.74, 6) is -1.52. The van der Waals surface area contributed by atoms with Gasteiger partial charge in [-0.2, -0.15) is 13.2 Å². The molecule has 0 bridgehead atoms. The number of alkyl halides is 3. The van der Waals surface area contributed by atoms with Crippen LogP contribution in [-0.4, -0.2) is 25.5 Å². The van der Waals surface area contributed by atoms with Crippen molar-refractivity contribution in [1.29, 1.82) is 0 Å². The van der Waals surface area contributed by atoms with E-state index in [1.807, 2.05) is 0 Å². The quantitative estimate of drug-likeness (QED) is 0.247. The Labute approximate surface area is 159 Å². The Kier molecular flexibility index (Phi) is 6.81. The molecule has 0 aromatic heterocycles. The summed E-state index contributed by atoms with van der Waals surface area (Å²) < 4.78 is 49.5. The second kappa shape index (κ2) is 9.07. The molecule has 0 radical (unpaired) electrons. The van der Waals surface area contributed by atoms with Crippen LogP contribution in [0, 0.1) is 0 Å². The highest BCUT2D eigenvalue weighted by atomic mass is 19.4. The van der Waals surface area contributed by atoms with Crippen molar-refractivity contribution in [3.05, 3.63) is 71.4 Å². The van der Waals surface area contributed by atoms with Crippen LogP contribution >= 0.6 is 0 Å². The van der Waals surface area contributed by atoms with E-state index in [1.165, 1.54) is 26.2 Å². The van der Waals surface area contributed by atoms with E-state index in [0.717, 1.165) is 18.3 Å². The number of carbonyl (C=O) groups is 2. The maximum absolute atomic E-state index is 13.2. The maximum Gasteiger partial charge on any atom is 0.417 e. The number of ketones is 1. The number of methoxy groups -OCH3 is 1. The van der Waals surface area contributed by atoms with Crippen LogP contribution in [-0.2, 0) is 15.7 Å². The van der Waals surface area contributed by atoms with Crippen molar-refractivity contribution in [2.45, 2.75) is 13.1 Å². The first-order valence-corrected chi connectivity index (χ1v) is 8.26. The van der Waals surface area contributed by atoms with Gasteiger partial charge in [-0.05, 0) is 37.3 Å². The third-order valence-corrected chi connectivity index (χ3v) is 3.69. The molecule has 0 unspecified atom stereocenters. The third-order valence-electron chi connectivity index (χ3n) is 3.69. The van der Waals surface area contributed by atoms with Crippen LogP contribution in [0.3, 0.4) is 0 Å². The van der Waals surface area contributed by atoms with Crippen molar-refractivity contribution < 1.29 is 32.2 Å². The average Bonchev–Trinajstić information content (AvgIpc) is 2.68. The normalized spacial score (nSPS) is 11.7. The van der Waals surface area contributed by atoms with Gasteiger partial charge in [0.1, 0.15) is 11.3 Å². The minimum atomic E-state index is -4.74.